The van der Waals surface area contributed by atoms with E-state index in [1.807, 2.05) is 18.4 Å². The first-order valence-electron chi connectivity index (χ1n) is 7.12. The number of thioether (sulfide) groups is 1. The number of benzene rings is 1. The van der Waals surface area contributed by atoms with Crippen LogP contribution in [0.15, 0.2) is 36.5 Å². The number of carbonyl (C=O) groups excluding carboxylic acids is 2. The average molecular weight is 336 g/mol. The first-order chi connectivity index (χ1) is 11.1. The Balaban J connectivity index is 2.21. The third kappa shape index (κ3) is 4.19. The van der Waals surface area contributed by atoms with E-state index in [9.17, 15) is 9.59 Å². The maximum atomic E-state index is 12.4. The Bertz CT molecular complexity index is 588. The van der Waals surface area contributed by atoms with E-state index in [2.05, 4.69) is 17.2 Å². The number of rotatable bonds is 6. The van der Waals surface area contributed by atoms with Crippen LogP contribution in [0.3, 0.4) is 0 Å². The second-order valence-corrected chi connectivity index (χ2v) is 6.00. The lowest BCUT2D eigenvalue weighted by atomic mass is 9.89. The zero-order valence-electron chi connectivity index (χ0n) is 13.1. The number of hydrogen-bond acceptors (Lipinski definition) is 5. The summed E-state index contributed by atoms with van der Waals surface area (Å²) in [5.74, 6) is 0.338. The summed E-state index contributed by atoms with van der Waals surface area (Å²) in [4.78, 5) is 24.1. The predicted octanol–water partition coefficient (Wildman–Crippen LogP) is 2.09. The zero-order valence-corrected chi connectivity index (χ0v) is 13.9. The molecule has 1 aromatic carbocycles. The summed E-state index contributed by atoms with van der Waals surface area (Å²) in [7, 11) is 1.58. The van der Waals surface area contributed by atoms with Crippen molar-refractivity contribution in [1.82, 2.24) is 10.6 Å². The fourth-order valence-electron chi connectivity index (χ4n) is 2.37. The first kappa shape index (κ1) is 17.2. The molecular formula is C16H20N2O4S. The summed E-state index contributed by atoms with van der Waals surface area (Å²) < 4.78 is 10.4. The fourth-order valence-corrected chi connectivity index (χ4v) is 2.62. The zero-order chi connectivity index (χ0) is 16.8. The number of amides is 2. The summed E-state index contributed by atoms with van der Waals surface area (Å²) in [6, 6.07) is 6.27. The molecule has 6 nitrogen and oxygen atoms in total. The quantitative estimate of drug-likeness (QED) is 0.614. The lowest BCUT2D eigenvalue weighted by molar-refractivity contribution is -0.147. The van der Waals surface area contributed by atoms with E-state index in [1.165, 1.54) is 0 Å². The van der Waals surface area contributed by atoms with E-state index in [4.69, 9.17) is 9.47 Å². The van der Waals surface area contributed by atoms with Gasteiger partial charge in [-0.1, -0.05) is 18.7 Å². The number of hydrogen-bond donors (Lipinski definition) is 2. The Morgan fingerprint density at radius 3 is 2.65 bits per heavy atom. The van der Waals surface area contributed by atoms with Crippen molar-refractivity contribution in [2.24, 2.45) is 5.92 Å². The summed E-state index contributed by atoms with van der Waals surface area (Å²) in [5, 5.41) is 5.31. The van der Waals surface area contributed by atoms with Crippen LogP contribution in [0.25, 0.3) is 0 Å². The molecule has 1 aliphatic rings. The Morgan fingerprint density at radius 2 is 2.04 bits per heavy atom. The lowest BCUT2D eigenvalue weighted by Gasteiger charge is -2.33. The minimum atomic E-state index is -0.678. The second kappa shape index (κ2) is 7.92. The van der Waals surface area contributed by atoms with Gasteiger partial charge in [0.25, 0.3) is 0 Å². The van der Waals surface area contributed by atoms with Crippen LogP contribution in [-0.2, 0) is 9.53 Å². The first-order valence-corrected chi connectivity index (χ1v) is 8.52. The van der Waals surface area contributed by atoms with Gasteiger partial charge in [-0.15, -0.1) is 0 Å². The van der Waals surface area contributed by atoms with Crippen LogP contribution < -0.4 is 15.4 Å². The normalized spacial score (nSPS) is 20.4. The van der Waals surface area contributed by atoms with Crippen LogP contribution in [0.2, 0.25) is 0 Å². The number of methoxy groups -OCH3 is 1. The summed E-state index contributed by atoms with van der Waals surface area (Å²) in [6.07, 6.45) is 1.94. The van der Waals surface area contributed by atoms with Crippen molar-refractivity contribution < 1.29 is 19.1 Å². The van der Waals surface area contributed by atoms with Crippen molar-refractivity contribution in [3.05, 3.63) is 42.1 Å². The highest BCUT2D eigenvalue weighted by atomic mass is 32.2. The van der Waals surface area contributed by atoms with Crippen LogP contribution in [0, 0.1) is 5.92 Å². The van der Waals surface area contributed by atoms with Gasteiger partial charge in [0.15, 0.2) is 0 Å². The van der Waals surface area contributed by atoms with Crippen molar-refractivity contribution in [3.8, 4) is 5.75 Å². The molecule has 7 heteroatoms. The smallest absolute Gasteiger partial charge is 0.319 e. The average Bonchev–Trinajstić information content (AvgIpc) is 2.54. The molecule has 2 N–H and O–H groups in total. The number of carbonyl (C=O) groups is 2. The van der Waals surface area contributed by atoms with Gasteiger partial charge in [-0.2, -0.15) is 11.8 Å². The van der Waals surface area contributed by atoms with Crippen LogP contribution in [0.5, 0.6) is 5.75 Å². The van der Waals surface area contributed by atoms with Crippen molar-refractivity contribution in [3.63, 3.8) is 0 Å². The van der Waals surface area contributed by atoms with Gasteiger partial charge in [0.05, 0.1) is 13.2 Å². The Kier molecular flexibility index (Phi) is 5.92. The van der Waals surface area contributed by atoms with Crippen molar-refractivity contribution in [1.29, 1.82) is 0 Å². The summed E-state index contributed by atoms with van der Waals surface area (Å²) >= 11 is 1.59. The molecule has 1 saturated heterocycles. The molecule has 124 valence electrons. The molecule has 0 aliphatic carbocycles. The molecular weight excluding hydrogens is 316 g/mol. The molecule has 2 rings (SSSR count). The molecule has 0 spiro atoms. The third-order valence-electron chi connectivity index (χ3n) is 3.53. The molecule has 23 heavy (non-hydrogen) atoms. The Hall–Kier alpha value is -2.15. The molecule has 0 saturated carbocycles. The van der Waals surface area contributed by atoms with E-state index >= 15 is 0 Å². The number of urea groups is 1. The molecule has 0 unspecified atom stereocenters. The fraction of sp³-hybridized carbons (Fsp3) is 0.375. The van der Waals surface area contributed by atoms with Gasteiger partial charge in [0.2, 0.25) is 0 Å². The largest absolute Gasteiger partial charge is 0.497 e. The van der Waals surface area contributed by atoms with E-state index in [-0.39, 0.29) is 6.03 Å². The van der Waals surface area contributed by atoms with Gasteiger partial charge in [-0.3, -0.25) is 4.79 Å². The second-order valence-electron chi connectivity index (χ2n) is 5.01. The van der Waals surface area contributed by atoms with Crippen molar-refractivity contribution in [2.45, 2.75) is 6.04 Å². The SMILES string of the molecule is C=C1NC(=O)N[C@H](c2ccc(OC)cc2)[C@H]1C(=O)OCCSC. The van der Waals surface area contributed by atoms with Gasteiger partial charge < -0.3 is 20.1 Å². The third-order valence-corrected chi connectivity index (χ3v) is 4.10. The lowest BCUT2D eigenvalue weighted by Crippen LogP contribution is -2.51. The highest BCUT2D eigenvalue weighted by Gasteiger charge is 2.38. The Labute approximate surface area is 139 Å². The van der Waals surface area contributed by atoms with Crippen LogP contribution in [0.1, 0.15) is 11.6 Å². The van der Waals surface area contributed by atoms with Gasteiger partial charge in [-0.25, -0.2) is 4.79 Å². The van der Waals surface area contributed by atoms with Crippen LogP contribution in [0.4, 0.5) is 4.79 Å². The number of ether oxygens (including phenoxy) is 2. The van der Waals surface area contributed by atoms with E-state index in [0.717, 1.165) is 11.3 Å². The van der Waals surface area contributed by atoms with Gasteiger partial charge in [-0.05, 0) is 24.0 Å². The van der Waals surface area contributed by atoms with Gasteiger partial charge in [0, 0.05) is 11.4 Å². The highest BCUT2D eigenvalue weighted by molar-refractivity contribution is 7.98. The van der Waals surface area contributed by atoms with Crippen molar-refractivity contribution in [2.75, 3.05) is 25.7 Å². The van der Waals surface area contributed by atoms with E-state index in [0.29, 0.717) is 18.1 Å². The topological polar surface area (TPSA) is 76.7 Å². The van der Waals surface area contributed by atoms with Crippen LogP contribution in [-0.4, -0.2) is 37.7 Å². The molecule has 2 atom stereocenters. The van der Waals surface area contributed by atoms with E-state index < -0.39 is 17.9 Å². The van der Waals surface area contributed by atoms with Crippen molar-refractivity contribution >= 4 is 23.8 Å². The molecule has 2 amide bonds. The van der Waals surface area contributed by atoms with Gasteiger partial charge in [0.1, 0.15) is 18.3 Å². The van der Waals surface area contributed by atoms with Crippen LogP contribution >= 0.6 is 11.8 Å². The molecule has 0 aromatic heterocycles. The number of nitrogens with one attached hydrogen (secondary N) is 2. The maximum Gasteiger partial charge on any atom is 0.319 e. The monoisotopic (exact) mass is 336 g/mol. The number of esters is 1. The summed E-state index contributed by atoms with van der Waals surface area (Å²) in [5.41, 5.74) is 1.12. The minimum absolute atomic E-state index is 0.326. The molecule has 1 aliphatic heterocycles. The summed E-state index contributed by atoms with van der Waals surface area (Å²) in [6.45, 7) is 4.13. The molecule has 0 radical (unpaired) electrons. The Morgan fingerprint density at radius 1 is 1.35 bits per heavy atom. The predicted molar refractivity (Wildman–Crippen MR) is 89.4 cm³/mol. The highest BCUT2D eigenvalue weighted by Crippen LogP contribution is 2.31. The maximum absolute atomic E-state index is 12.4. The molecule has 1 aromatic rings. The van der Waals surface area contributed by atoms with E-state index in [1.54, 1.807) is 31.0 Å². The molecule has 1 fully saturated rings. The standard InChI is InChI=1S/C16H20N2O4S/c1-10-13(15(19)22-8-9-23-3)14(18-16(20)17-10)11-4-6-12(21-2)7-5-11/h4-7,13-14H,1,8-9H2,2-3H3,(H2,17,18,20)/t13-,14+/m0/s1. The minimum Gasteiger partial charge on any atom is -0.497 e. The van der Waals surface area contributed by atoms with Gasteiger partial charge >= 0.3 is 12.0 Å². The molecule has 1 heterocycles. The molecule has 0 bridgehead atoms.